The van der Waals surface area contributed by atoms with Gasteiger partial charge in [-0.25, -0.2) is 0 Å². The van der Waals surface area contributed by atoms with Crippen molar-refractivity contribution in [1.82, 2.24) is 14.5 Å². The minimum Gasteiger partial charge on any atom is -0.361 e. The number of fused-ring (bicyclic) bond motifs is 2. The van der Waals surface area contributed by atoms with Crippen molar-refractivity contribution in [3.05, 3.63) is 110 Å². The molecule has 1 aliphatic rings. The minimum absolute atomic E-state index is 0.0313. The Bertz CT molecular complexity index is 1670. The Hall–Kier alpha value is -4.39. The molecule has 33 heavy (non-hydrogen) atoms. The first-order valence-electron chi connectivity index (χ1n) is 10.5. The van der Waals surface area contributed by atoms with Crippen molar-refractivity contribution in [2.24, 2.45) is 7.05 Å². The highest BCUT2D eigenvalue weighted by molar-refractivity contribution is 6.16. The van der Waals surface area contributed by atoms with Gasteiger partial charge in [-0.2, -0.15) is 0 Å². The van der Waals surface area contributed by atoms with Crippen molar-refractivity contribution < 1.29 is 4.79 Å². The van der Waals surface area contributed by atoms with E-state index in [2.05, 4.69) is 23.1 Å². The molecule has 3 heterocycles. The third-order valence-electron chi connectivity index (χ3n) is 6.34. The van der Waals surface area contributed by atoms with E-state index in [9.17, 15) is 14.4 Å². The number of hydrogen-bond acceptors (Lipinski definition) is 3. The topological polar surface area (TPSA) is 91.0 Å². The number of aromatic nitrogens is 3. The predicted octanol–water partition coefficient (Wildman–Crippen LogP) is 1.26. The number of amides is 1. The summed E-state index contributed by atoms with van der Waals surface area (Å²) in [7, 11) is 1.49. The number of aromatic amines is 2. The Morgan fingerprint density at radius 2 is 1.76 bits per heavy atom. The van der Waals surface area contributed by atoms with Gasteiger partial charge >= 0.3 is 0 Å². The Labute approximate surface area is 188 Å². The normalized spacial score (nSPS) is 18.2. The van der Waals surface area contributed by atoms with Crippen LogP contribution in [0.5, 0.6) is 0 Å². The molecule has 0 saturated carbocycles. The van der Waals surface area contributed by atoms with Gasteiger partial charge in [0.05, 0.1) is 0 Å². The zero-order chi connectivity index (χ0) is 23.3. The number of para-hydroxylation sites is 2. The number of hydrogen-bond donors (Lipinski definition) is 2. The SMILES string of the molecule is C=CCN1C(=O)C(/C=c2\[nH]c(=O)c(=C)n(C)c2=O)(c2c[nH]c3ccccc23)c2ccccc21. The highest BCUT2D eigenvalue weighted by atomic mass is 16.2. The molecule has 5 rings (SSSR count). The number of nitrogens with one attached hydrogen (secondary N) is 2. The molecule has 164 valence electrons. The van der Waals surface area contributed by atoms with Gasteiger partial charge in [-0.05, 0) is 23.8 Å². The maximum absolute atomic E-state index is 14.2. The van der Waals surface area contributed by atoms with Gasteiger partial charge in [-0.3, -0.25) is 14.4 Å². The van der Waals surface area contributed by atoms with Crippen LogP contribution in [0.1, 0.15) is 11.1 Å². The van der Waals surface area contributed by atoms with Crippen molar-refractivity contribution in [3.8, 4) is 0 Å². The molecule has 1 amide bonds. The summed E-state index contributed by atoms with van der Waals surface area (Å²) in [6.45, 7) is 7.77. The first kappa shape index (κ1) is 20.5. The Balaban J connectivity index is 1.98. The molecule has 0 spiro atoms. The van der Waals surface area contributed by atoms with Crippen molar-refractivity contribution in [1.29, 1.82) is 0 Å². The Morgan fingerprint density at radius 3 is 2.55 bits per heavy atom. The van der Waals surface area contributed by atoms with Crippen LogP contribution in [0.4, 0.5) is 5.69 Å². The third kappa shape index (κ3) is 2.79. The van der Waals surface area contributed by atoms with E-state index in [1.807, 2.05) is 48.5 Å². The van der Waals surface area contributed by atoms with Gasteiger partial charge < -0.3 is 19.4 Å². The molecule has 2 N–H and O–H groups in total. The zero-order valence-electron chi connectivity index (χ0n) is 18.1. The molecule has 2 aromatic heterocycles. The summed E-state index contributed by atoms with van der Waals surface area (Å²) in [6, 6.07) is 15.2. The molecule has 0 fully saturated rings. The van der Waals surface area contributed by atoms with E-state index in [1.165, 1.54) is 11.6 Å². The van der Waals surface area contributed by atoms with E-state index in [0.29, 0.717) is 12.1 Å². The van der Waals surface area contributed by atoms with Crippen molar-refractivity contribution in [2.75, 3.05) is 11.4 Å². The largest absolute Gasteiger partial charge is 0.361 e. The van der Waals surface area contributed by atoms with Crippen molar-refractivity contribution in [3.63, 3.8) is 0 Å². The van der Waals surface area contributed by atoms with Crippen LogP contribution in [0.15, 0.2) is 77.0 Å². The minimum atomic E-state index is -1.34. The molecule has 0 radical (unpaired) electrons. The highest BCUT2D eigenvalue weighted by Crippen LogP contribution is 2.49. The van der Waals surface area contributed by atoms with E-state index in [4.69, 9.17) is 0 Å². The lowest BCUT2D eigenvalue weighted by molar-refractivity contribution is -0.120. The van der Waals surface area contributed by atoms with Crippen molar-refractivity contribution in [2.45, 2.75) is 5.41 Å². The maximum Gasteiger partial charge on any atom is 0.274 e. The van der Waals surface area contributed by atoms with Crippen LogP contribution in [0.25, 0.3) is 23.6 Å². The van der Waals surface area contributed by atoms with Crippen LogP contribution in [-0.4, -0.2) is 27.0 Å². The Kier molecular flexibility index (Phi) is 4.56. The molecule has 1 unspecified atom stereocenters. The van der Waals surface area contributed by atoms with Gasteiger partial charge in [0.25, 0.3) is 11.1 Å². The fourth-order valence-electron chi connectivity index (χ4n) is 4.68. The molecule has 2 aromatic carbocycles. The number of carbonyl (C=O) groups is 1. The summed E-state index contributed by atoms with van der Waals surface area (Å²) in [6.07, 6.45) is 5.04. The lowest BCUT2D eigenvalue weighted by Gasteiger charge is -2.25. The van der Waals surface area contributed by atoms with E-state index in [0.717, 1.165) is 22.2 Å². The first-order valence-corrected chi connectivity index (χ1v) is 10.5. The lowest BCUT2D eigenvalue weighted by atomic mass is 9.75. The van der Waals surface area contributed by atoms with Crippen LogP contribution < -0.4 is 26.7 Å². The Morgan fingerprint density at radius 1 is 1.03 bits per heavy atom. The lowest BCUT2D eigenvalue weighted by Crippen LogP contribution is -2.53. The van der Waals surface area contributed by atoms with E-state index in [-0.39, 0.29) is 16.6 Å². The predicted molar refractivity (Wildman–Crippen MR) is 130 cm³/mol. The first-order chi connectivity index (χ1) is 15.9. The molecular weight excluding hydrogens is 416 g/mol. The van der Waals surface area contributed by atoms with Gasteiger partial charge in [0.15, 0.2) is 0 Å². The summed E-state index contributed by atoms with van der Waals surface area (Å²) in [4.78, 5) is 47.3. The van der Waals surface area contributed by atoms with Crippen LogP contribution in [0.2, 0.25) is 0 Å². The average molecular weight is 438 g/mol. The molecular formula is C26H22N4O3. The number of anilines is 1. The van der Waals surface area contributed by atoms with Crippen molar-refractivity contribution >= 4 is 35.2 Å². The average Bonchev–Trinajstić information content (AvgIpc) is 3.35. The molecule has 4 aromatic rings. The fourth-order valence-corrected chi connectivity index (χ4v) is 4.68. The number of benzene rings is 2. The maximum atomic E-state index is 14.2. The summed E-state index contributed by atoms with van der Waals surface area (Å²) >= 11 is 0. The highest BCUT2D eigenvalue weighted by Gasteiger charge is 2.51. The van der Waals surface area contributed by atoms with E-state index < -0.39 is 16.5 Å². The number of nitrogens with zero attached hydrogens (tertiary/aromatic N) is 2. The second-order valence-corrected chi connectivity index (χ2v) is 8.10. The van der Waals surface area contributed by atoms with Gasteiger partial charge in [0.1, 0.15) is 16.1 Å². The molecule has 1 atom stereocenters. The molecule has 1 aliphatic heterocycles. The van der Waals surface area contributed by atoms with E-state index in [1.54, 1.807) is 23.2 Å². The van der Waals surface area contributed by atoms with Crippen LogP contribution in [-0.2, 0) is 17.3 Å². The smallest absolute Gasteiger partial charge is 0.274 e. The number of rotatable bonds is 4. The van der Waals surface area contributed by atoms with Crippen LogP contribution in [0, 0.1) is 0 Å². The molecule has 7 heteroatoms. The monoisotopic (exact) mass is 438 g/mol. The molecule has 7 nitrogen and oxygen atoms in total. The summed E-state index contributed by atoms with van der Waals surface area (Å²) in [5.74, 6) is -0.227. The van der Waals surface area contributed by atoms with Crippen LogP contribution >= 0.6 is 0 Å². The van der Waals surface area contributed by atoms with Gasteiger partial charge in [0, 0.05) is 41.9 Å². The van der Waals surface area contributed by atoms with Gasteiger partial charge in [-0.15, -0.1) is 6.58 Å². The molecule has 0 bridgehead atoms. The fraction of sp³-hybridized carbons (Fsp3) is 0.115. The summed E-state index contributed by atoms with van der Waals surface area (Å²) in [5, 5.41) is 0.929. The molecule has 0 saturated heterocycles. The summed E-state index contributed by atoms with van der Waals surface area (Å²) in [5.41, 5.74) is 0.758. The second kappa shape index (κ2) is 7.34. The summed E-state index contributed by atoms with van der Waals surface area (Å²) < 4.78 is 1.19. The molecule has 0 aliphatic carbocycles. The second-order valence-electron chi connectivity index (χ2n) is 8.10. The van der Waals surface area contributed by atoms with Crippen LogP contribution in [0.3, 0.4) is 0 Å². The van der Waals surface area contributed by atoms with E-state index >= 15 is 0 Å². The standard InChI is InChI=1S/C26H22N4O3/c1-4-13-30-22-12-8-6-10-18(22)26(25(30)33,19-15-27-20-11-7-5-9-17(19)20)14-21-24(32)29(3)16(2)23(31)28-21/h4-12,14-15,27H,1-2,13H2,3H3,(H,28,31)/b21-14-. The van der Waals surface area contributed by atoms with Gasteiger partial charge in [-0.1, -0.05) is 49.1 Å². The number of carbonyl (C=O) groups excluding carboxylic acids is 1. The quantitative estimate of drug-likeness (QED) is 0.470. The number of H-pyrrole nitrogens is 2. The zero-order valence-corrected chi connectivity index (χ0v) is 18.1. The van der Waals surface area contributed by atoms with Gasteiger partial charge in [0.2, 0.25) is 5.91 Å². The third-order valence-corrected chi connectivity index (χ3v) is 6.34.